The minimum absolute atomic E-state index is 0.125. The van der Waals surface area contributed by atoms with Crippen LogP contribution in [0.5, 0.6) is 0 Å². The molecule has 0 aliphatic rings. The molecule has 3 aromatic heterocycles. The van der Waals surface area contributed by atoms with Gasteiger partial charge in [-0.15, -0.1) is 11.3 Å². The van der Waals surface area contributed by atoms with Gasteiger partial charge in [0.1, 0.15) is 15.7 Å². The standard InChI is InChI=1S/C21H18ClN5OS/c1-13-18(29-21(26-13)17-4-2-3-10-23-17)20(28)24-11-9-16-12-25-19(27-16)14-5-7-15(22)8-6-14/h2-8,10,12H,9,11H2,1H3,(H,24,28)(H,25,27). The monoisotopic (exact) mass is 423 g/mol. The summed E-state index contributed by atoms with van der Waals surface area (Å²) in [5, 5.41) is 4.39. The number of carbonyl (C=O) groups excluding carboxylic acids is 1. The van der Waals surface area contributed by atoms with E-state index < -0.39 is 0 Å². The predicted octanol–water partition coefficient (Wildman–Crippen LogP) is 4.53. The largest absolute Gasteiger partial charge is 0.351 e. The molecular formula is C21H18ClN5OS. The van der Waals surface area contributed by atoms with E-state index in [0.717, 1.165) is 27.8 Å². The number of thiazole rings is 1. The highest BCUT2D eigenvalue weighted by Crippen LogP contribution is 2.26. The molecule has 0 saturated carbocycles. The van der Waals surface area contributed by atoms with Gasteiger partial charge in [0.25, 0.3) is 5.91 Å². The van der Waals surface area contributed by atoms with Gasteiger partial charge >= 0.3 is 0 Å². The topological polar surface area (TPSA) is 83.6 Å². The van der Waals surface area contributed by atoms with Crippen LogP contribution in [0.25, 0.3) is 22.1 Å². The Balaban J connectivity index is 1.36. The summed E-state index contributed by atoms with van der Waals surface area (Å²) in [6.45, 7) is 2.34. The maximum absolute atomic E-state index is 12.6. The zero-order chi connectivity index (χ0) is 20.2. The molecule has 3 heterocycles. The van der Waals surface area contributed by atoms with Crippen molar-refractivity contribution in [2.45, 2.75) is 13.3 Å². The van der Waals surface area contributed by atoms with Crippen LogP contribution in [0.2, 0.25) is 5.02 Å². The number of halogens is 1. The summed E-state index contributed by atoms with van der Waals surface area (Å²) < 4.78 is 0. The molecule has 0 spiro atoms. The number of aromatic amines is 1. The molecular weight excluding hydrogens is 406 g/mol. The Kier molecular flexibility index (Phi) is 5.69. The fourth-order valence-corrected chi connectivity index (χ4v) is 3.92. The molecule has 0 aliphatic heterocycles. The van der Waals surface area contributed by atoms with Gasteiger partial charge in [0.2, 0.25) is 0 Å². The maximum Gasteiger partial charge on any atom is 0.263 e. The first-order valence-electron chi connectivity index (χ1n) is 9.07. The lowest BCUT2D eigenvalue weighted by atomic mass is 10.2. The van der Waals surface area contributed by atoms with E-state index in [1.54, 1.807) is 12.4 Å². The Labute approximate surface area is 177 Å². The lowest BCUT2D eigenvalue weighted by Crippen LogP contribution is -2.25. The van der Waals surface area contributed by atoms with Crippen molar-refractivity contribution in [1.29, 1.82) is 0 Å². The first-order chi connectivity index (χ1) is 14.1. The molecule has 0 bridgehead atoms. The van der Waals surface area contributed by atoms with Crippen LogP contribution in [0.15, 0.2) is 54.9 Å². The molecule has 4 aromatic rings. The van der Waals surface area contributed by atoms with Gasteiger partial charge in [0, 0.05) is 41.6 Å². The zero-order valence-corrected chi connectivity index (χ0v) is 17.2. The van der Waals surface area contributed by atoms with Crippen LogP contribution in [0.4, 0.5) is 0 Å². The van der Waals surface area contributed by atoms with Gasteiger partial charge in [-0.2, -0.15) is 0 Å². The normalized spacial score (nSPS) is 10.8. The van der Waals surface area contributed by atoms with Crippen LogP contribution in [-0.2, 0) is 6.42 Å². The van der Waals surface area contributed by atoms with Crippen LogP contribution in [0.3, 0.4) is 0 Å². The van der Waals surface area contributed by atoms with Crippen molar-refractivity contribution >= 4 is 28.8 Å². The number of H-pyrrole nitrogens is 1. The smallest absolute Gasteiger partial charge is 0.263 e. The highest BCUT2D eigenvalue weighted by atomic mass is 35.5. The lowest BCUT2D eigenvalue weighted by molar-refractivity contribution is 0.0957. The number of pyridine rings is 1. The summed E-state index contributed by atoms with van der Waals surface area (Å²) in [5.41, 5.74) is 3.39. The molecule has 1 aromatic carbocycles. The Hall–Kier alpha value is -3.03. The Bertz CT molecular complexity index is 1120. The van der Waals surface area contributed by atoms with Crippen LogP contribution in [0.1, 0.15) is 21.1 Å². The molecule has 4 rings (SSSR count). The molecule has 8 heteroatoms. The van der Waals surface area contributed by atoms with Crippen LogP contribution in [0, 0.1) is 6.92 Å². The first-order valence-corrected chi connectivity index (χ1v) is 10.3. The van der Waals surface area contributed by atoms with Crippen molar-refractivity contribution in [1.82, 2.24) is 25.3 Å². The van der Waals surface area contributed by atoms with E-state index in [1.807, 2.05) is 49.4 Å². The van der Waals surface area contributed by atoms with E-state index in [-0.39, 0.29) is 5.91 Å². The third kappa shape index (κ3) is 4.52. The summed E-state index contributed by atoms with van der Waals surface area (Å²) in [7, 11) is 0. The Morgan fingerprint density at radius 1 is 1.17 bits per heavy atom. The molecule has 29 heavy (non-hydrogen) atoms. The van der Waals surface area contributed by atoms with E-state index in [1.165, 1.54) is 11.3 Å². The molecule has 0 fully saturated rings. The molecule has 2 N–H and O–H groups in total. The lowest BCUT2D eigenvalue weighted by Gasteiger charge is -2.03. The first kappa shape index (κ1) is 19.3. The molecule has 6 nitrogen and oxygen atoms in total. The number of hydrogen-bond acceptors (Lipinski definition) is 5. The van der Waals surface area contributed by atoms with Crippen LogP contribution < -0.4 is 5.32 Å². The van der Waals surface area contributed by atoms with Crippen LogP contribution >= 0.6 is 22.9 Å². The Morgan fingerprint density at radius 3 is 2.76 bits per heavy atom. The molecule has 0 saturated heterocycles. The van der Waals surface area contributed by atoms with E-state index in [9.17, 15) is 4.79 Å². The molecule has 0 unspecified atom stereocenters. The summed E-state index contributed by atoms with van der Waals surface area (Å²) in [6, 6.07) is 13.1. The van der Waals surface area contributed by atoms with Gasteiger partial charge in [-0.25, -0.2) is 9.97 Å². The summed E-state index contributed by atoms with van der Waals surface area (Å²) in [4.78, 5) is 29.6. The average Bonchev–Trinajstić information content (AvgIpc) is 3.36. The molecule has 0 radical (unpaired) electrons. The number of aryl methyl sites for hydroxylation is 1. The number of imidazole rings is 1. The third-order valence-corrected chi connectivity index (χ3v) is 5.74. The molecule has 146 valence electrons. The van der Waals surface area contributed by atoms with Crippen molar-refractivity contribution in [2.24, 2.45) is 0 Å². The summed E-state index contributed by atoms with van der Waals surface area (Å²) in [5.74, 6) is 0.654. The maximum atomic E-state index is 12.6. The van der Waals surface area contributed by atoms with Gasteiger partial charge in [-0.05, 0) is 43.3 Å². The number of hydrogen-bond donors (Lipinski definition) is 2. The summed E-state index contributed by atoms with van der Waals surface area (Å²) in [6.07, 6.45) is 4.15. The number of amides is 1. The van der Waals surface area contributed by atoms with E-state index in [0.29, 0.717) is 28.6 Å². The quantitative estimate of drug-likeness (QED) is 0.477. The zero-order valence-electron chi connectivity index (χ0n) is 15.6. The predicted molar refractivity (Wildman–Crippen MR) is 115 cm³/mol. The van der Waals surface area contributed by atoms with Gasteiger partial charge in [-0.3, -0.25) is 9.78 Å². The van der Waals surface area contributed by atoms with Crippen molar-refractivity contribution in [3.05, 3.63) is 76.1 Å². The minimum atomic E-state index is -0.125. The highest BCUT2D eigenvalue weighted by Gasteiger charge is 2.16. The minimum Gasteiger partial charge on any atom is -0.351 e. The van der Waals surface area contributed by atoms with Crippen molar-refractivity contribution < 1.29 is 4.79 Å². The number of rotatable bonds is 6. The van der Waals surface area contributed by atoms with E-state index in [4.69, 9.17) is 11.6 Å². The highest BCUT2D eigenvalue weighted by molar-refractivity contribution is 7.17. The van der Waals surface area contributed by atoms with E-state index >= 15 is 0 Å². The second kappa shape index (κ2) is 8.55. The van der Waals surface area contributed by atoms with Crippen molar-refractivity contribution in [3.63, 3.8) is 0 Å². The van der Waals surface area contributed by atoms with Crippen molar-refractivity contribution in [3.8, 4) is 22.1 Å². The number of carbonyl (C=O) groups is 1. The third-order valence-electron chi connectivity index (χ3n) is 4.31. The number of aromatic nitrogens is 4. The second-order valence-electron chi connectivity index (χ2n) is 6.42. The fraction of sp³-hybridized carbons (Fsp3) is 0.143. The van der Waals surface area contributed by atoms with Crippen LogP contribution in [-0.4, -0.2) is 32.4 Å². The number of benzene rings is 1. The average molecular weight is 424 g/mol. The summed E-state index contributed by atoms with van der Waals surface area (Å²) >= 11 is 7.28. The van der Waals surface area contributed by atoms with Crippen molar-refractivity contribution in [2.75, 3.05) is 6.54 Å². The van der Waals surface area contributed by atoms with Gasteiger partial charge in [0.05, 0.1) is 11.4 Å². The van der Waals surface area contributed by atoms with Gasteiger partial charge in [-0.1, -0.05) is 17.7 Å². The van der Waals surface area contributed by atoms with E-state index in [2.05, 4.69) is 25.3 Å². The molecule has 0 atom stereocenters. The number of nitrogens with zero attached hydrogens (tertiary/aromatic N) is 3. The van der Waals surface area contributed by atoms with Gasteiger partial charge in [0.15, 0.2) is 0 Å². The molecule has 0 aliphatic carbocycles. The SMILES string of the molecule is Cc1nc(-c2ccccn2)sc1C(=O)NCCc1cnc(-c2ccc(Cl)cc2)[nH]1. The Morgan fingerprint density at radius 2 is 2.00 bits per heavy atom. The fourth-order valence-electron chi connectivity index (χ4n) is 2.84. The number of nitrogens with one attached hydrogen (secondary N) is 2. The second-order valence-corrected chi connectivity index (χ2v) is 7.85. The van der Waals surface area contributed by atoms with Gasteiger partial charge < -0.3 is 10.3 Å². The molecule has 1 amide bonds.